The van der Waals surface area contributed by atoms with E-state index in [0.29, 0.717) is 5.41 Å². The topological polar surface area (TPSA) is 38.5 Å². The summed E-state index contributed by atoms with van der Waals surface area (Å²) in [5.41, 5.74) is 7.13. The number of nitrogens with zero attached hydrogens (tertiary/aromatic N) is 1. The van der Waals surface area contributed by atoms with E-state index in [1.165, 1.54) is 38.8 Å². The van der Waals surface area contributed by atoms with Crippen LogP contribution in [0.3, 0.4) is 0 Å². The monoisotopic (exact) mass is 254 g/mol. The first-order valence-corrected chi connectivity index (χ1v) is 7.70. The van der Waals surface area contributed by atoms with Crippen molar-refractivity contribution in [3.05, 3.63) is 0 Å². The zero-order valence-corrected chi connectivity index (χ0v) is 12.2. The number of nitrogens with two attached hydrogens (primary N) is 1. The van der Waals surface area contributed by atoms with Crippen LogP contribution in [0.15, 0.2) is 0 Å². The predicted molar refractivity (Wildman–Crippen MR) is 75.7 cm³/mol. The van der Waals surface area contributed by atoms with Gasteiger partial charge in [0.15, 0.2) is 0 Å². The van der Waals surface area contributed by atoms with Crippen LogP contribution in [-0.4, -0.2) is 43.3 Å². The van der Waals surface area contributed by atoms with E-state index >= 15 is 0 Å². The second-order valence-electron chi connectivity index (χ2n) is 6.46. The number of rotatable bonds is 4. The molecule has 0 aromatic heterocycles. The maximum atomic E-state index is 6.50. The zero-order valence-electron chi connectivity index (χ0n) is 12.2. The fraction of sp³-hybridized carbons (Fsp3) is 1.00. The van der Waals surface area contributed by atoms with E-state index in [0.717, 1.165) is 32.6 Å². The third-order valence-electron chi connectivity index (χ3n) is 5.44. The van der Waals surface area contributed by atoms with E-state index in [-0.39, 0.29) is 5.54 Å². The summed E-state index contributed by atoms with van der Waals surface area (Å²) in [6, 6.07) is 0. The summed E-state index contributed by atoms with van der Waals surface area (Å²) in [5.74, 6) is 0. The molecule has 2 saturated heterocycles. The molecule has 0 amide bonds. The van der Waals surface area contributed by atoms with Gasteiger partial charge in [0.25, 0.3) is 0 Å². The van der Waals surface area contributed by atoms with Gasteiger partial charge in [0.1, 0.15) is 0 Å². The van der Waals surface area contributed by atoms with Gasteiger partial charge in [0.05, 0.1) is 0 Å². The van der Waals surface area contributed by atoms with Gasteiger partial charge in [-0.05, 0) is 44.2 Å². The highest BCUT2D eigenvalue weighted by Gasteiger charge is 2.35. The Bertz CT molecular complexity index is 247. The molecule has 0 saturated carbocycles. The van der Waals surface area contributed by atoms with Crippen molar-refractivity contribution >= 4 is 0 Å². The third kappa shape index (κ3) is 3.25. The second kappa shape index (κ2) is 5.89. The lowest BCUT2D eigenvalue weighted by atomic mass is 9.74. The fourth-order valence-electron chi connectivity index (χ4n) is 3.52. The molecule has 2 aliphatic heterocycles. The summed E-state index contributed by atoms with van der Waals surface area (Å²) in [6.07, 6.45) is 7.42. The molecule has 18 heavy (non-hydrogen) atoms. The molecular formula is C15H30N2O. The van der Waals surface area contributed by atoms with Crippen LogP contribution in [-0.2, 0) is 4.74 Å². The molecule has 0 unspecified atom stereocenters. The van der Waals surface area contributed by atoms with Gasteiger partial charge in [-0.15, -0.1) is 0 Å². The molecule has 2 rings (SSSR count). The van der Waals surface area contributed by atoms with Crippen molar-refractivity contribution in [1.82, 2.24) is 4.90 Å². The van der Waals surface area contributed by atoms with Crippen LogP contribution < -0.4 is 5.73 Å². The lowest BCUT2D eigenvalue weighted by molar-refractivity contribution is 0.0216. The average Bonchev–Trinajstić information content (AvgIpc) is 2.40. The molecule has 0 aliphatic carbocycles. The standard InChI is InChI=1S/C15H30N2O/c1-3-14(4-2)5-9-17(10-6-14)13-15(16)7-11-18-12-8-15/h3-13,16H2,1-2H3. The molecule has 3 nitrogen and oxygen atoms in total. The van der Waals surface area contributed by atoms with Gasteiger partial charge in [0, 0.05) is 25.3 Å². The van der Waals surface area contributed by atoms with Gasteiger partial charge >= 0.3 is 0 Å². The molecule has 0 radical (unpaired) electrons. The normalized spacial score (nSPS) is 28.2. The van der Waals surface area contributed by atoms with Crippen LogP contribution in [0.25, 0.3) is 0 Å². The number of hydrogen-bond acceptors (Lipinski definition) is 3. The van der Waals surface area contributed by atoms with Crippen molar-refractivity contribution in [2.24, 2.45) is 11.1 Å². The zero-order chi connectivity index (χ0) is 13.1. The lowest BCUT2D eigenvalue weighted by Crippen LogP contribution is -2.55. The van der Waals surface area contributed by atoms with Crippen molar-refractivity contribution in [3.8, 4) is 0 Å². The van der Waals surface area contributed by atoms with Crippen molar-refractivity contribution < 1.29 is 4.74 Å². The largest absolute Gasteiger partial charge is 0.381 e. The van der Waals surface area contributed by atoms with E-state index in [1.54, 1.807) is 0 Å². The predicted octanol–water partition coefficient (Wildman–Crippen LogP) is 2.40. The Labute approximate surface area is 112 Å². The highest BCUT2D eigenvalue weighted by Crippen LogP contribution is 2.38. The van der Waals surface area contributed by atoms with Crippen LogP contribution in [0.5, 0.6) is 0 Å². The first-order chi connectivity index (χ1) is 8.61. The minimum Gasteiger partial charge on any atom is -0.381 e. The highest BCUT2D eigenvalue weighted by molar-refractivity contribution is 4.92. The molecule has 2 aliphatic rings. The summed E-state index contributed by atoms with van der Waals surface area (Å²) in [4.78, 5) is 2.59. The van der Waals surface area contributed by atoms with E-state index < -0.39 is 0 Å². The number of piperidine rings is 1. The molecule has 0 aromatic carbocycles. The quantitative estimate of drug-likeness (QED) is 0.837. The molecule has 106 valence electrons. The van der Waals surface area contributed by atoms with Crippen molar-refractivity contribution in [3.63, 3.8) is 0 Å². The van der Waals surface area contributed by atoms with Crippen LogP contribution in [0, 0.1) is 5.41 Å². The molecular weight excluding hydrogens is 224 g/mol. The van der Waals surface area contributed by atoms with Gasteiger partial charge in [-0.25, -0.2) is 0 Å². The Balaban J connectivity index is 1.82. The second-order valence-corrected chi connectivity index (χ2v) is 6.46. The van der Waals surface area contributed by atoms with Crippen molar-refractivity contribution in [1.29, 1.82) is 0 Å². The minimum atomic E-state index is 0.0106. The van der Waals surface area contributed by atoms with Gasteiger partial charge in [0.2, 0.25) is 0 Å². The molecule has 0 bridgehead atoms. The summed E-state index contributed by atoms with van der Waals surface area (Å²) < 4.78 is 5.42. The number of likely N-dealkylation sites (tertiary alicyclic amines) is 1. The number of ether oxygens (including phenoxy) is 1. The smallest absolute Gasteiger partial charge is 0.0484 e. The van der Waals surface area contributed by atoms with Crippen LogP contribution in [0.1, 0.15) is 52.4 Å². The lowest BCUT2D eigenvalue weighted by Gasteiger charge is -2.44. The van der Waals surface area contributed by atoms with Gasteiger partial charge < -0.3 is 15.4 Å². The van der Waals surface area contributed by atoms with Crippen molar-refractivity contribution in [2.75, 3.05) is 32.8 Å². The van der Waals surface area contributed by atoms with E-state index in [9.17, 15) is 0 Å². The molecule has 0 spiro atoms. The van der Waals surface area contributed by atoms with Gasteiger partial charge in [-0.1, -0.05) is 26.7 Å². The number of hydrogen-bond donors (Lipinski definition) is 1. The first-order valence-electron chi connectivity index (χ1n) is 7.70. The molecule has 2 N–H and O–H groups in total. The van der Waals surface area contributed by atoms with Gasteiger partial charge in [-0.3, -0.25) is 0 Å². The summed E-state index contributed by atoms with van der Waals surface area (Å²) >= 11 is 0. The SMILES string of the molecule is CCC1(CC)CCN(CC2(N)CCOCC2)CC1. The van der Waals surface area contributed by atoms with Gasteiger partial charge in [-0.2, -0.15) is 0 Å². The summed E-state index contributed by atoms with van der Waals surface area (Å²) in [5, 5.41) is 0. The molecule has 2 heterocycles. The van der Waals surface area contributed by atoms with E-state index in [1.807, 2.05) is 0 Å². The van der Waals surface area contributed by atoms with Crippen LogP contribution in [0.4, 0.5) is 0 Å². The molecule has 0 atom stereocenters. The van der Waals surface area contributed by atoms with Crippen molar-refractivity contribution in [2.45, 2.75) is 57.9 Å². The first kappa shape index (κ1) is 14.3. The molecule has 3 heteroatoms. The molecule has 0 aromatic rings. The maximum absolute atomic E-state index is 6.50. The Hall–Kier alpha value is -0.120. The Morgan fingerprint density at radius 1 is 1.00 bits per heavy atom. The maximum Gasteiger partial charge on any atom is 0.0484 e. The minimum absolute atomic E-state index is 0.0106. The Morgan fingerprint density at radius 2 is 1.56 bits per heavy atom. The van der Waals surface area contributed by atoms with Crippen LogP contribution in [0.2, 0.25) is 0 Å². The highest BCUT2D eigenvalue weighted by atomic mass is 16.5. The molecule has 2 fully saturated rings. The Kier molecular flexibility index (Phi) is 4.68. The third-order valence-corrected chi connectivity index (χ3v) is 5.44. The van der Waals surface area contributed by atoms with E-state index in [4.69, 9.17) is 10.5 Å². The van der Waals surface area contributed by atoms with Crippen LogP contribution >= 0.6 is 0 Å². The average molecular weight is 254 g/mol. The Morgan fingerprint density at radius 3 is 2.06 bits per heavy atom. The fourth-order valence-corrected chi connectivity index (χ4v) is 3.52. The summed E-state index contributed by atoms with van der Waals surface area (Å²) in [7, 11) is 0. The summed E-state index contributed by atoms with van der Waals surface area (Å²) in [6.45, 7) is 9.93. The van der Waals surface area contributed by atoms with E-state index in [2.05, 4.69) is 18.7 Å².